The van der Waals surface area contributed by atoms with Crippen molar-refractivity contribution in [1.29, 1.82) is 0 Å². The summed E-state index contributed by atoms with van der Waals surface area (Å²) in [6.07, 6.45) is 3.65. The number of ether oxygens (including phenoxy) is 1. The van der Waals surface area contributed by atoms with E-state index in [0.29, 0.717) is 18.4 Å². The Balaban J connectivity index is 1.50. The van der Waals surface area contributed by atoms with Crippen molar-refractivity contribution in [3.63, 3.8) is 0 Å². The number of amides is 1. The molecule has 0 bridgehead atoms. The monoisotopic (exact) mass is 358 g/mol. The van der Waals surface area contributed by atoms with Gasteiger partial charge in [0.25, 0.3) is 0 Å². The van der Waals surface area contributed by atoms with Crippen LogP contribution in [0.2, 0.25) is 0 Å². The summed E-state index contributed by atoms with van der Waals surface area (Å²) in [7, 11) is 2.20. The Labute approximate surface area is 158 Å². The third-order valence-electron chi connectivity index (χ3n) is 5.80. The van der Waals surface area contributed by atoms with E-state index in [0.717, 1.165) is 45.5 Å². The molecular weight excluding hydrogens is 324 g/mol. The number of rotatable bonds is 4. The Hall–Kier alpha value is -1.39. The Morgan fingerprint density at radius 1 is 1.23 bits per heavy atom. The highest BCUT2D eigenvalue weighted by Crippen LogP contribution is 2.38. The molecule has 0 unspecified atom stereocenters. The van der Waals surface area contributed by atoms with Crippen LogP contribution in [0, 0.1) is 5.41 Å². The predicted molar refractivity (Wildman–Crippen MR) is 105 cm³/mol. The van der Waals surface area contributed by atoms with Crippen molar-refractivity contribution in [3.8, 4) is 0 Å². The fraction of sp³-hybridized carbons (Fsp3) is 0.682. The highest BCUT2D eigenvalue weighted by Gasteiger charge is 2.44. The summed E-state index contributed by atoms with van der Waals surface area (Å²) in [5.41, 5.74) is 1.38. The molecule has 1 aromatic carbocycles. The van der Waals surface area contributed by atoms with Gasteiger partial charge in [-0.2, -0.15) is 0 Å². The molecule has 1 atom stereocenters. The first-order chi connectivity index (χ1) is 12.3. The second kappa shape index (κ2) is 7.69. The molecule has 0 radical (unpaired) electrons. The topological polar surface area (TPSA) is 32.8 Å². The molecule has 2 aliphatic heterocycles. The highest BCUT2D eigenvalue weighted by molar-refractivity contribution is 5.76. The molecule has 3 rings (SSSR count). The molecule has 2 fully saturated rings. The van der Waals surface area contributed by atoms with Crippen molar-refractivity contribution in [1.82, 2.24) is 9.80 Å². The maximum atomic E-state index is 12.5. The minimum atomic E-state index is -0.0197. The summed E-state index contributed by atoms with van der Waals surface area (Å²) in [5.74, 6) is 0.295. The lowest BCUT2D eigenvalue weighted by Crippen LogP contribution is -2.47. The average Bonchev–Trinajstić information content (AvgIpc) is 2.99. The molecule has 1 amide bonds. The fourth-order valence-corrected chi connectivity index (χ4v) is 4.18. The van der Waals surface area contributed by atoms with E-state index in [2.05, 4.69) is 63.1 Å². The SMILES string of the molecule is CN(Cc1ccccc1)[C@H]1COC2(CCN(C(=O)CC(C)(C)C)CC2)C1. The first kappa shape index (κ1) is 19.4. The Morgan fingerprint density at radius 2 is 1.88 bits per heavy atom. The van der Waals surface area contributed by atoms with Gasteiger partial charge in [0.2, 0.25) is 5.91 Å². The van der Waals surface area contributed by atoms with E-state index in [1.807, 2.05) is 4.90 Å². The number of benzene rings is 1. The van der Waals surface area contributed by atoms with E-state index in [4.69, 9.17) is 4.74 Å². The molecular formula is C22H34N2O2. The molecule has 144 valence electrons. The van der Waals surface area contributed by atoms with Gasteiger partial charge >= 0.3 is 0 Å². The van der Waals surface area contributed by atoms with Crippen LogP contribution >= 0.6 is 0 Å². The lowest BCUT2D eigenvalue weighted by atomic mass is 9.86. The van der Waals surface area contributed by atoms with Crippen molar-refractivity contribution in [3.05, 3.63) is 35.9 Å². The van der Waals surface area contributed by atoms with Crippen molar-refractivity contribution in [2.75, 3.05) is 26.7 Å². The number of likely N-dealkylation sites (tertiary alicyclic amines) is 1. The summed E-state index contributed by atoms with van der Waals surface area (Å²) >= 11 is 0. The average molecular weight is 359 g/mol. The van der Waals surface area contributed by atoms with Gasteiger partial charge in [-0.15, -0.1) is 0 Å². The first-order valence-electron chi connectivity index (χ1n) is 9.92. The first-order valence-corrected chi connectivity index (χ1v) is 9.92. The highest BCUT2D eigenvalue weighted by atomic mass is 16.5. The van der Waals surface area contributed by atoms with Gasteiger partial charge in [-0.3, -0.25) is 9.69 Å². The van der Waals surface area contributed by atoms with Crippen LogP contribution in [-0.2, 0) is 16.1 Å². The molecule has 0 N–H and O–H groups in total. The normalized spacial score (nSPS) is 23.0. The Bertz CT molecular complexity index is 600. The second-order valence-corrected chi connectivity index (χ2v) is 9.37. The Morgan fingerprint density at radius 3 is 2.50 bits per heavy atom. The van der Waals surface area contributed by atoms with E-state index in [1.54, 1.807) is 0 Å². The minimum absolute atomic E-state index is 0.0197. The van der Waals surface area contributed by atoms with E-state index >= 15 is 0 Å². The number of piperidine rings is 1. The molecule has 26 heavy (non-hydrogen) atoms. The maximum absolute atomic E-state index is 12.5. The lowest BCUT2D eigenvalue weighted by molar-refractivity contribution is -0.137. The minimum Gasteiger partial charge on any atom is -0.373 e. The lowest BCUT2D eigenvalue weighted by Gasteiger charge is -2.39. The third-order valence-corrected chi connectivity index (χ3v) is 5.80. The van der Waals surface area contributed by atoms with E-state index in [-0.39, 0.29) is 11.0 Å². The van der Waals surface area contributed by atoms with Crippen LogP contribution in [0.4, 0.5) is 0 Å². The number of likely N-dealkylation sites (N-methyl/N-ethyl adjacent to an activating group) is 1. The van der Waals surface area contributed by atoms with Gasteiger partial charge < -0.3 is 9.64 Å². The van der Waals surface area contributed by atoms with Crippen LogP contribution in [-0.4, -0.2) is 54.1 Å². The zero-order valence-electron chi connectivity index (χ0n) is 16.8. The molecule has 2 heterocycles. The van der Waals surface area contributed by atoms with E-state index < -0.39 is 0 Å². The largest absolute Gasteiger partial charge is 0.373 e. The van der Waals surface area contributed by atoms with Gasteiger partial charge in [-0.05, 0) is 37.3 Å². The van der Waals surface area contributed by atoms with Gasteiger partial charge in [0.05, 0.1) is 12.2 Å². The number of hydrogen-bond acceptors (Lipinski definition) is 3. The van der Waals surface area contributed by atoms with E-state index in [9.17, 15) is 4.79 Å². The smallest absolute Gasteiger partial charge is 0.223 e. The van der Waals surface area contributed by atoms with Crippen molar-refractivity contribution in [2.24, 2.45) is 5.41 Å². The molecule has 4 nitrogen and oxygen atoms in total. The summed E-state index contributed by atoms with van der Waals surface area (Å²) in [4.78, 5) is 16.9. The molecule has 1 aromatic rings. The van der Waals surface area contributed by atoms with Gasteiger partial charge in [0.1, 0.15) is 0 Å². The number of carbonyl (C=O) groups is 1. The summed E-state index contributed by atoms with van der Waals surface area (Å²) in [6.45, 7) is 9.82. The van der Waals surface area contributed by atoms with E-state index in [1.165, 1.54) is 5.56 Å². The van der Waals surface area contributed by atoms with Crippen LogP contribution < -0.4 is 0 Å². The summed E-state index contributed by atoms with van der Waals surface area (Å²) in [5, 5.41) is 0. The zero-order valence-corrected chi connectivity index (χ0v) is 16.8. The van der Waals surface area contributed by atoms with Gasteiger partial charge in [0, 0.05) is 32.1 Å². The van der Waals surface area contributed by atoms with Gasteiger partial charge in [-0.25, -0.2) is 0 Å². The predicted octanol–water partition coefficient (Wildman–Crippen LogP) is 3.70. The Kier molecular flexibility index (Phi) is 5.73. The molecule has 0 aromatic heterocycles. The fourth-order valence-electron chi connectivity index (χ4n) is 4.18. The van der Waals surface area contributed by atoms with Crippen LogP contribution in [0.1, 0.15) is 52.0 Å². The van der Waals surface area contributed by atoms with Crippen molar-refractivity contribution >= 4 is 5.91 Å². The second-order valence-electron chi connectivity index (χ2n) is 9.37. The van der Waals surface area contributed by atoms with Crippen LogP contribution in [0.5, 0.6) is 0 Å². The molecule has 2 aliphatic rings. The summed E-state index contributed by atoms with van der Waals surface area (Å²) < 4.78 is 6.30. The molecule has 2 saturated heterocycles. The van der Waals surface area contributed by atoms with Crippen molar-refractivity contribution in [2.45, 2.75) is 64.6 Å². The maximum Gasteiger partial charge on any atom is 0.223 e. The molecule has 0 saturated carbocycles. The van der Waals surface area contributed by atoms with Gasteiger partial charge in [0.15, 0.2) is 0 Å². The van der Waals surface area contributed by atoms with Crippen LogP contribution in [0.15, 0.2) is 30.3 Å². The number of carbonyl (C=O) groups excluding carboxylic acids is 1. The quantitative estimate of drug-likeness (QED) is 0.823. The zero-order chi connectivity index (χ0) is 18.8. The van der Waals surface area contributed by atoms with Crippen molar-refractivity contribution < 1.29 is 9.53 Å². The summed E-state index contributed by atoms with van der Waals surface area (Å²) in [6, 6.07) is 11.1. The standard InChI is InChI=1S/C22H34N2O2/c1-21(2,3)15-20(25)24-12-10-22(11-13-24)14-19(17-26-22)23(4)16-18-8-6-5-7-9-18/h5-9,19H,10-17H2,1-4H3/t19-/m1/s1. The van der Waals surface area contributed by atoms with Gasteiger partial charge in [-0.1, -0.05) is 51.1 Å². The number of hydrogen-bond donors (Lipinski definition) is 0. The third kappa shape index (κ3) is 4.86. The molecule has 0 aliphatic carbocycles. The molecule has 1 spiro atoms. The number of nitrogens with zero attached hydrogens (tertiary/aromatic N) is 2. The molecule has 4 heteroatoms. The van der Waals surface area contributed by atoms with Crippen LogP contribution in [0.25, 0.3) is 0 Å². The van der Waals surface area contributed by atoms with Crippen LogP contribution in [0.3, 0.4) is 0 Å².